The van der Waals surface area contributed by atoms with Gasteiger partial charge in [0.25, 0.3) is 5.56 Å². The molecule has 0 bridgehead atoms. The van der Waals surface area contributed by atoms with Crippen molar-refractivity contribution in [1.82, 2.24) is 19.6 Å². The van der Waals surface area contributed by atoms with Crippen LogP contribution in [0.15, 0.2) is 35.3 Å². The van der Waals surface area contributed by atoms with Crippen LogP contribution in [0.3, 0.4) is 0 Å². The van der Waals surface area contributed by atoms with Crippen LogP contribution in [0.25, 0.3) is 0 Å². The van der Waals surface area contributed by atoms with E-state index < -0.39 is 0 Å². The summed E-state index contributed by atoms with van der Waals surface area (Å²) in [7, 11) is 0. The molecule has 0 unspecified atom stereocenters. The lowest BCUT2D eigenvalue weighted by Gasteiger charge is -2.34. The Morgan fingerprint density at radius 3 is 2.46 bits per heavy atom. The minimum atomic E-state index is -0.341. The number of aromatic nitrogens is 2. The SMILES string of the molecule is Cc1ccccc1CN1CCN(Cn2ncc(Cl)c(Cl)c2=O)CC1. The standard InChI is InChI=1S/C17H20Cl2N4O/c1-13-4-2-3-5-14(13)11-21-6-8-22(9-7-21)12-23-17(24)16(19)15(18)10-20-23/h2-5,10H,6-9,11-12H2,1H3. The third-order valence-electron chi connectivity index (χ3n) is 4.40. The summed E-state index contributed by atoms with van der Waals surface area (Å²) in [5.74, 6) is 0. The fourth-order valence-electron chi connectivity index (χ4n) is 2.85. The molecule has 0 amide bonds. The number of aryl methyl sites for hydroxylation is 1. The van der Waals surface area contributed by atoms with Gasteiger partial charge in [-0.25, -0.2) is 4.68 Å². The van der Waals surface area contributed by atoms with Gasteiger partial charge in [-0.3, -0.25) is 14.6 Å². The molecule has 0 radical (unpaired) electrons. The van der Waals surface area contributed by atoms with Gasteiger partial charge >= 0.3 is 0 Å². The van der Waals surface area contributed by atoms with Crippen molar-refractivity contribution in [2.24, 2.45) is 0 Å². The molecule has 0 aliphatic carbocycles. The molecule has 1 aliphatic heterocycles. The molecule has 0 saturated carbocycles. The molecule has 2 aromatic rings. The molecule has 1 aromatic heterocycles. The van der Waals surface area contributed by atoms with Gasteiger partial charge in [-0.05, 0) is 18.1 Å². The van der Waals surface area contributed by atoms with Gasteiger partial charge in [0, 0.05) is 32.7 Å². The van der Waals surface area contributed by atoms with Crippen LogP contribution in [0.5, 0.6) is 0 Å². The molecule has 0 atom stereocenters. The van der Waals surface area contributed by atoms with Gasteiger partial charge in [0.05, 0.1) is 17.9 Å². The van der Waals surface area contributed by atoms with Crippen LogP contribution in [0.4, 0.5) is 0 Å². The lowest BCUT2D eigenvalue weighted by atomic mass is 10.1. The van der Waals surface area contributed by atoms with Gasteiger partial charge in [0.15, 0.2) is 0 Å². The number of hydrogen-bond acceptors (Lipinski definition) is 4. The fraction of sp³-hybridized carbons (Fsp3) is 0.412. The monoisotopic (exact) mass is 366 g/mol. The molecule has 1 aromatic carbocycles. The maximum atomic E-state index is 12.1. The normalized spacial score (nSPS) is 16.5. The molecular weight excluding hydrogens is 347 g/mol. The van der Waals surface area contributed by atoms with Gasteiger partial charge in [-0.2, -0.15) is 5.10 Å². The summed E-state index contributed by atoms with van der Waals surface area (Å²) in [6, 6.07) is 8.48. The van der Waals surface area contributed by atoms with Gasteiger partial charge in [0.2, 0.25) is 0 Å². The van der Waals surface area contributed by atoms with Crippen molar-refractivity contribution in [3.05, 3.63) is 62.0 Å². The van der Waals surface area contributed by atoms with E-state index in [0.29, 0.717) is 6.67 Å². The summed E-state index contributed by atoms with van der Waals surface area (Å²) in [6.45, 7) is 7.25. The van der Waals surface area contributed by atoms with Crippen LogP contribution in [0.1, 0.15) is 11.1 Å². The van der Waals surface area contributed by atoms with E-state index in [1.54, 1.807) is 0 Å². The lowest BCUT2D eigenvalue weighted by Crippen LogP contribution is -2.47. The second-order valence-electron chi connectivity index (χ2n) is 6.07. The fourth-order valence-corrected chi connectivity index (χ4v) is 3.12. The number of nitrogens with zero attached hydrogens (tertiary/aromatic N) is 4. The van der Waals surface area contributed by atoms with Crippen LogP contribution in [0, 0.1) is 6.92 Å². The molecule has 24 heavy (non-hydrogen) atoms. The Morgan fingerprint density at radius 1 is 1.08 bits per heavy atom. The van der Waals surface area contributed by atoms with Gasteiger partial charge < -0.3 is 0 Å². The van der Waals surface area contributed by atoms with Crippen molar-refractivity contribution in [3.63, 3.8) is 0 Å². The number of rotatable bonds is 4. The second-order valence-corrected chi connectivity index (χ2v) is 6.86. The molecule has 1 aliphatic rings. The summed E-state index contributed by atoms with van der Waals surface area (Å²) < 4.78 is 1.37. The Hall–Kier alpha value is -1.40. The minimum Gasteiger partial charge on any atom is -0.297 e. The van der Waals surface area contributed by atoms with E-state index in [-0.39, 0.29) is 15.6 Å². The topological polar surface area (TPSA) is 41.4 Å². The van der Waals surface area contributed by atoms with Crippen molar-refractivity contribution < 1.29 is 0 Å². The predicted octanol–water partition coefficient (Wildman–Crippen LogP) is 2.63. The van der Waals surface area contributed by atoms with Crippen LogP contribution >= 0.6 is 23.2 Å². The number of hydrogen-bond donors (Lipinski definition) is 0. The maximum Gasteiger partial charge on any atom is 0.288 e. The Kier molecular flexibility index (Phi) is 5.56. The molecule has 3 rings (SSSR count). The third-order valence-corrected chi connectivity index (χ3v) is 5.14. The molecular formula is C17H20Cl2N4O. The molecule has 1 fully saturated rings. The molecule has 1 saturated heterocycles. The van der Waals surface area contributed by atoms with Gasteiger partial charge in [-0.15, -0.1) is 0 Å². The van der Waals surface area contributed by atoms with Crippen molar-refractivity contribution in [1.29, 1.82) is 0 Å². The first-order valence-electron chi connectivity index (χ1n) is 7.95. The molecule has 2 heterocycles. The first kappa shape index (κ1) is 17.4. The Bertz CT molecular complexity index is 769. The largest absolute Gasteiger partial charge is 0.297 e. The van der Waals surface area contributed by atoms with Crippen molar-refractivity contribution >= 4 is 23.2 Å². The van der Waals surface area contributed by atoms with Crippen molar-refractivity contribution in [3.8, 4) is 0 Å². The molecule has 0 N–H and O–H groups in total. The first-order chi connectivity index (χ1) is 11.5. The molecule has 5 nitrogen and oxygen atoms in total. The van der Waals surface area contributed by atoms with E-state index in [1.807, 2.05) is 0 Å². The second kappa shape index (κ2) is 7.66. The highest BCUT2D eigenvalue weighted by Crippen LogP contribution is 2.15. The van der Waals surface area contributed by atoms with Gasteiger partial charge in [-0.1, -0.05) is 47.5 Å². The van der Waals surface area contributed by atoms with E-state index in [2.05, 4.69) is 46.1 Å². The Morgan fingerprint density at radius 2 is 1.75 bits per heavy atom. The highest BCUT2D eigenvalue weighted by Gasteiger charge is 2.19. The predicted molar refractivity (Wildman–Crippen MR) is 96.5 cm³/mol. The molecule has 7 heteroatoms. The minimum absolute atomic E-state index is 0.0323. The van der Waals surface area contributed by atoms with E-state index in [9.17, 15) is 4.79 Å². The summed E-state index contributed by atoms with van der Waals surface area (Å²) in [5.41, 5.74) is 2.35. The lowest BCUT2D eigenvalue weighted by molar-refractivity contribution is 0.0968. The summed E-state index contributed by atoms with van der Waals surface area (Å²) in [5, 5.41) is 4.29. The molecule has 128 valence electrons. The first-order valence-corrected chi connectivity index (χ1v) is 8.70. The van der Waals surface area contributed by atoms with E-state index in [4.69, 9.17) is 23.2 Å². The highest BCUT2D eigenvalue weighted by atomic mass is 35.5. The zero-order valence-corrected chi connectivity index (χ0v) is 15.1. The molecule has 0 spiro atoms. The van der Waals surface area contributed by atoms with E-state index in [0.717, 1.165) is 32.7 Å². The Balaban J connectivity index is 1.57. The van der Waals surface area contributed by atoms with Crippen molar-refractivity contribution in [2.75, 3.05) is 26.2 Å². The number of piperazine rings is 1. The highest BCUT2D eigenvalue weighted by molar-refractivity contribution is 6.41. The zero-order chi connectivity index (χ0) is 17.1. The van der Waals surface area contributed by atoms with Crippen LogP contribution in [0.2, 0.25) is 10.0 Å². The zero-order valence-electron chi connectivity index (χ0n) is 13.6. The van der Waals surface area contributed by atoms with Crippen LogP contribution in [-0.4, -0.2) is 45.8 Å². The quantitative estimate of drug-likeness (QED) is 0.833. The van der Waals surface area contributed by atoms with E-state index in [1.165, 1.54) is 22.0 Å². The average molecular weight is 367 g/mol. The number of halogens is 2. The van der Waals surface area contributed by atoms with Gasteiger partial charge in [0.1, 0.15) is 5.02 Å². The van der Waals surface area contributed by atoms with E-state index >= 15 is 0 Å². The maximum absolute atomic E-state index is 12.1. The van der Waals surface area contributed by atoms with Crippen LogP contribution < -0.4 is 5.56 Å². The Labute approximate surface area is 151 Å². The summed E-state index contributed by atoms with van der Waals surface area (Å²) in [6.07, 6.45) is 1.42. The summed E-state index contributed by atoms with van der Waals surface area (Å²) >= 11 is 11.7. The summed E-state index contributed by atoms with van der Waals surface area (Å²) in [4.78, 5) is 16.7. The third kappa shape index (κ3) is 3.98. The van der Waals surface area contributed by atoms with Crippen LogP contribution in [-0.2, 0) is 13.2 Å². The average Bonchev–Trinajstić information content (AvgIpc) is 2.59. The smallest absolute Gasteiger partial charge is 0.288 e. The van der Waals surface area contributed by atoms with Crippen molar-refractivity contribution in [2.45, 2.75) is 20.1 Å². The number of benzene rings is 1.